The Labute approximate surface area is 65.9 Å². The molecule has 1 atom stereocenters. The molecule has 0 amide bonds. The normalized spacial score (nSPS) is 23.2. The predicted octanol–water partition coefficient (Wildman–Crippen LogP) is 3.11. The Kier molecular flexibility index (Phi) is 1.34. The van der Waals surface area contributed by atoms with Crippen LogP contribution in [0, 0.1) is 6.92 Å². The largest absolute Gasteiger partial charge is 0.145 e. The molecule has 0 saturated carbocycles. The van der Waals surface area contributed by atoms with Crippen molar-refractivity contribution in [2.45, 2.75) is 32.6 Å². The fraction of sp³-hybridized carbons (Fsp3) is 0.556. The molecule has 0 fully saturated rings. The van der Waals surface area contributed by atoms with Crippen LogP contribution in [0.4, 0.5) is 0 Å². The first-order valence-electron chi connectivity index (χ1n) is 3.86. The van der Waals surface area contributed by atoms with Gasteiger partial charge in [-0.2, -0.15) is 0 Å². The van der Waals surface area contributed by atoms with Gasteiger partial charge in [0.1, 0.15) is 0 Å². The second-order valence-electron chi connectivity index (χ2n) is 3.18. The van der Waals surface area contributed by atoms with Crippen molar-refractivity contribution in [3.63, 3.8) is 0 Å². The van der Waals surface area contributed by atoms with E-state index in [0.29, 0.717) is 0 Å². The highest BCUT2D eigenvalue weighted by atomic mass is 32.1. The first-order chi connectivity index (χ1) is 4.77. The lowest BCUT2D eigenvalue weighted by molar-refractivity contribution is 0.747. The third-order valence-electron chi connectivity index (χ3n) is 2.30. The van der Waals surface area contributed by atoms with Gasteiger partial charge in [0, 0.05) is 9.75 Å². The van der Waals surface area contributed by atoms with E-state index in [9.17, 15) is 0 Å². The molecule has 0 aliphatic heterocycles. The van der Waals surface area contributed by atoms with Gasteiger partial charge in [0.05, 0.1) is 0 Å². The molecule has 1 aromatic rings. The Balaban J connectivity index is 2.49. The molecule has 0 radical (unpaired) electrons. The number of thiophene rings is 1. The van der Waals surface area contributed by atoms with Crippen molar-refractivity contribution in [3.05, 3.63) is 21.4 Å². The van der Waals surface area contributed by atoms with Crippen molar-refractivity contribution in [3.8, 4) is 0 Å². The molecule has 1 aliphatic carbocycles. The molecule has 0 unspecified atom stereocenters. The molecule has 10 heavy (non-hydrogen) atoms. The summed E-state index contributed by atoms with van der Waals surface area (Å²) in [5, 5.41) is 0. The van der Waals surface area contributed by atoms with Crippen molar-refractivity contribution in [2.75, 3.05) is 0 Å². The minimum Gasteiger partial charge on any atom is -0.145 e. The van der Waals surface area contributed by atoms with Crippen molar-refractivity contribution >= 4 is 11.3 Å². The van der Waals surface area contributed by atoms with Gasteiger partial charge in [-0.1, -0.05) is 6.92 Å². The van der Waals surface area contributed by atoms with E-state index in [1.807, 2.05) is 11.3 Å². The predicted molar refractivity (Wildman–Crippen MR) is 45.8 cm³/mol. The van der Waals surface area contributed by atoms with Gasteiger partial charge in [-0.05, 0) is 37.3 Å². The topological polar surface area (TPSA) is 0 Å². The van der Waals surface area contributed by atoms with Crippen LogP contribution in [-0.4, -0.2) is 0 Å². The fourth-order valence-corrected chi connectivity index (χ4v) is 2.87. The van der Waals surface area contributed by atoms with Crippen molar-refractivity contribution < 1.29 is 0 Å². The van der Waals surface area contributed by atoms with E-state index in [1.165, 1.54) is 17.7 Å². The summed E-state index contributed by atoms with van der Waals surface area (Å²) >= 11 is 1.98. The van der Waals surface area contributed by atoms with Crippen LogP contribution < -0.4 is 0 Å². The highest BCUT2D eigenvalue weighted by Gasteiger charge is 2.19. The molecule has 0 saturated heterocycles. The van der Waals surface area contributed by atoms with Crippen LogP contribution in [0.5, 0.6) is 0 Å². The smallest absolute Gasteiger partial charge is 0.00829 e. The monoisotopic (exact) mass is 152 g/mol. The Morgan fingerprint density at radius 3 is 3.10 bits per heavy atom. The summed E-state index contributed by atoms with van der Waals surface area (Å²) in [6.07, 6.45) is 2.70. The van der Waals surface area contributed by atoms with E-state index in [4.69, 9.17) is 0 Å². The Bertz CT molecular complexity index is 247. The van der Waals surface area contributed by atoms with Gasteiger partial charge in [0.15, 0.2) is 0 Å². The summed E-state index contributed by atoms with van der Waals surface area (Å²) in [4.78, 5) is 3.13. The fourth-order valence-electron chi connectivity index (χ4n) is 1.70. The minimum absolute atomic E-state index is 0.833. The summed E-state index contributed by atoms with van der Waals surface area (Å²) in [6, 6.07) is 2.36. The maximum absolute atomic E-state index is 2.36. The van der Waals surface area contributed by atoms with Crippen molar-refractivity contribution in [1.82, 2.24) is 0 Å². The van der Waals surface area contributed by atoms with Gasteiger partial charge >= 0.3 is 0 Å². The summed E-state index contributed by atoms with van der Waals surface area (Å²) in [5.74, 6) is 0.833. The molecule has 2 rings (SSSR count). The Morgan fingerprint density at radius 1 is 1.60 bits per heavy atom. The Morgan fingerprint density at radius 2 is 2.40 bits per heavy atom. The third-order valence-corrected chi connectivity index (χ3v) is 3.43. The second kappa shape index (κ2) is 2.09. The quantitative estimate of drug-likeness (QED) is 0.536. The molecule has 0 spiro atoms. The first-order valence-corrected chi connectivity index (χ1v) is 4.68. The SMILES string of the molecule is Cc1cc2c(s1)CC[C@H]2C. The maximum atomic E-state index is 2.36. The molecular weight excluding hydrogens is 140 g/mol. The maximum Gasteiger partial charge on any atom is 0.00829 e. The standard InChI is InChI=1S/C9H12S/c1-6-3-4-9-8(6)5-7(2)10-9/h5-6H,3-4H2,1-2H3/t6-/m1/s1. The molecule has 0 nitrogen and oxygen atoms in total. The van der Waals surface area contributed by atoms with E-state index >= 15 is 0 Å². The van der Waals surface area contributed by atoms with Gasteiger partial charge in [-0.3, -0.25) is 0 Å². The summed E-state index contributed by atoms with van der Waals surface area (Å²) in [5.41, 5.74) is 1.63. The summed E-state index contributed by atoms with van der Waals surface area (Å²) < 4.78 is 0. The van der Waals surface area contributed by atoms with Gasteiger partial charge in [0.2, 0.25) is 0 Å². The van der Waals surface area contributed by atoms with Crippen LogP contribution in [-0.2, 0) is 6.42 Å². The van der Waals surface area contributed by atoms with Crippen LogP contribution in [0.15, 0.2) is 6.07 Å². The van der Waals surface area contributed by atoms with Gasteiger partial charge in [-0.25, -0.2) is 0 Å². The average Bonchev–Trinajstić information content (AvgIpc) is 2.35. The number of aryl methyl sites for hydroxylation is 2. The zero-order valence-corrected chi connectivity index (χ0v) is 7.29. The van der Waals surface area contributed by atoms with E-state index < -0.39 is 0 Å². The van der Waals surface area contributed by atoms with Crippen LogP contribution in [0.2, 0.25) is 0 Å². The van der Waals surface area contributed by atoms with Gasteiger partial charge in [0.25, 0.3) is 0 Å². The first kappa shape index (κ1) is 6.41. The second-order valence-corrected chi connectivity index (χ2v) is 4.52. The third kappa shape index (κ3) is 0.807. The van der Waals surface area contributed by atoms with Crippen LogP contribution in [0.25, 0.3) is 0 Å². The molecule has 1 aromatic heterocycles. The average molecular weight is 152 g/mol. The van der Waals surface area contributed by atoms with Crippen LogP contribution in [0.1, 0.15) is 34.6 Å². The number of hydrogen-bond donors (Lipinski definition) is 0. The highest BCUT2D eigenvalue weighted by Crippen LogP contribution is 2.37. The van der Waals surface area contributed by atoms with Gasteiger partial charge < -0.3 is 0 Å². The molecule has 0 bridgehead atoms. The highest BCUT2D eigenvalue weighted by molar-refractivity contribution is 7.12. The Hall–Kier alpha value is -0.300. The van der Waals surface area contributed by atoms with Crippen LogP contribution >= 0.6 is 11.3 Å². The molecular formula is C9H12S. The van der Waals surface area contributed by atoms with E-state index in [2.05, 4.69) is 19.9 Å². The number of fused-ring (bicyclic) bond motifs is 1. The number of rotatable bonds is 0. The summed E-state index contributed by atoms with van der Waals surface area (Å²) in [7, 11) is 0. The molecule has 0 N–H and O–H groups in total. The minimum atomic E-state index is 0.833. The van der Waals surface area contributed by atoms with Crippen molar-refractivity contribution in [1.29, 1.82) is 0 Å². The zero-order chi connectivity index (χ0) is 7.14. The van der Waals surface area contributed by atoms with Crippen molar-refractivity contribution in [2.24, 2.45) is 0 Å². The molecule has 54 valence electrons. The lowest BCUT2D eigenvalue weighted by atomic mass is 10.1. The van der Waals surface area contributed by atoms with E-state index in [0.717, 1.165) is 5.92 Å². The lowest BCUT2D eigenvalue weighted by Crippen LogP contribution is -1.81. The zero-order valence-electron chi connectivity index (χ0n) is 6.48. The van der Waals surface area contributed by atoms with Crippen LogP contribution in [0.3, 0.4) is 0 Å². The summed E-state index contributed by atoms with van der Waals surface area (Å²) in [6.45, 7) is 4.54. The van der Waals surface area contributed by atoms with E-state index in [-0.39, 0.29) is 0 Å². The molecule has 1 heteroatoms. The molecule has 1 aliphatic rings. The van der Waals surface area contributed by atoms with Gasteiger partial charge in [-0.15, -0.1) is 11.3 Å². The molecule has 0 aromatic carbocycles. The number of hydrogen-bond acceptors (Lipinski definition) is 1. The molecule has 1 heterocycles. The lowest BCUT2D eigenvalue weighted by Gasteiger charge is -1.97. The van der Waals surface area contributed by atoms with E-state index in [1.54, 1.807) is 10.4 Å².